The molecule has 2 fully saturated rings. The molecule has 1 aromatic rings. The number of benzene rings is 1. The molecule has 104 valence electrons. The summed E-state index contributed by atoms with van der Waals surface area (Å²) in [5.41, 5.74) is 0.999. The third-order valence-corrected chi connectivity index (χ3v) is 4.23. The first kappa shape index (κ1) is 12.9. The maximum absolute atomic E-state index is 6.41. The number of methoxy groups -OCH3 is 1. The van der Waals surface area contributed by atoms with Gasteiger partial charge in [0.05, 0.1) is 26.4 Å². The van der Waals surface area contributed by atoms with Crippen LogP contribution in [0.2, 0.25) is 0 Å². The Morgan fingerprint density at radius 1 is 1.05 bits per heavy atom. The molecule has 1 aliphatic heterocycles. The highest BCUT2D eigenvalue weighted by Gasteiger charge is 2.43. The van der Waals surface area contributed by atoms with E-state index < -0.39 is 0 Å². The van der Waals surface area contributed by atoms with Gasteiger partial charge in [0.25, 0.3) is 0 Å². The van der Waals surface area contributed by atoms with E-state index in [2.05, 4.69) is 12.1 Å². The summed E-state index contributed by atoms with van der Waals surface area (Å²) < 4.78 is 17.1. The van der Waals surface area contributed by atoms with Crippen LogP contribution in [0.4, 0.5) is 0 Å². The Balaban J connectivity index is 1.73. The molecule has 19 heavy (non-hydrogen) atoms. The third-order valence-electron chi connectivity index (χ3n) is 4.23. The lowest BCUT2D eigenvalue weighted by molar-refractivity contribution is -0.242. The largest absolute Gasteiger partial charge is 0.497 e. The summed E-state index contributed by atoms with van der Waals surface area (Å²) in [6.07, 6.45) is 6.73. The van der Waals surface area contributed by atoms with E-state index in [1.165, 1.54) is 37.7 Å². The summed E-state index contributed by atoms with van der Waals surface area (Å²) in [5, 5.41) is 0. The fourth-order valence-corrected chi connectivity index (χ4v) is 2.99. The van der Waals surface area contributed by atoms with Crippen LogP contribution in [0.5, 0.6) is 5.75 Å². The predicted octanol–water partition coefficient (Wildman–Crippen LogP) is 3.27. The van der Waals surface area contributed by atoms with Crippen LogP contribution in [-0.2, 0) is 15.1 Å². The summed E-state index contributed by atoms with van der Waals surface area (Å²) >= 11 is 0. The molecule has 1 aliphatic carbocycles. The molecule has 3 heteroatoms. The zero-order valence-corrected chi connectivity index (χ0v) is 11.6. The molecule has 1 aromatic carbocycles. The average Bonchev–Trinajstić information content (AvgIpc) is 2.44. The van der Waals surface area contributed by atoms with Crippen LogP contribution in [-0.4, -0.2) is 26.4 Å². The molecule has 0 radical (unpaired) electrons. The molecule has 0 atom stereocenters. The second-order valence-electron chi connectivity index (χ2n) is 5.59. The van der Waals surface area contributed by atoms with E-state index >= 15 is 0 Å². The van der Waals surface area contributed by atoms with Crippen LogP contribution in [0.15, 0.2) is 24.3 Å². The van der Waals surface area contributed by atoms with E-state index in [9.17, 15) is 0 Å². The van der Waals surface area contributed by atoms with Crippen molar-refractivity contribution in [3.8, 4) is 5.75 Å². The molecule has 0 spiro atoms. The normalized spacial score (nSPS) is 22.8. The Morgan fingerprint density at radius 3 is 2.26 bits per heavy atom. The fourth-order valence-electron chi connectivity index (χ4n) is 2.99. The van der Waals surface area contributed by atoms with Gasteiger partial charge in [-0.1, -0.05) is 31.4 Å². The SMILES string of the molecule is COc1ccc(C2(OC3CCCCC3)COC2)cc1. The van der Waals surface area contributed by atoms with Crippen LogP contribution in [0.3, 0.4) is 0 Å². The van der Waals surface area contributed by atoms with Crippen molar-refractivity contribution >= 4 is 0 Å². The van der Waals surface area contributed by atoms with Crippen molar-refractivity contribution in [2.24, 2.45) is 0 Å². The standard InChI is InChI=1S/C16H22O3/c1-17-14-9-7-13(8-10-14)16(11-18-12-16)19-15-5-3-2-4-6-15/h7-10,15H,2-6,11-12H2,1H3. The monoisotopic (exact) mass is 262 g/mol. The second kappa shape index (κ2) is 5.51. The molecule has 0 amide bonds. The minimum Gasteiger partial charge on any atom is -0.497 e. The van der Waals surface area contributed by atoms with Crippen molar-refractivity contribution in [2.45, 2.75) is 43.8 Å². The summed E-state index contributed by atoms with van der Waals surface area (Å²) in [4.78, 5) is 0. The average molecular weight is 262 g/mol. The van der Waals surface area contributed by atoms with Crippen LogP contribution in [0.1, 0.15) is 37.7 Å². The zero-order valence-electron chi connectivity index (χ0n) is 11.6. The lowest BCUT2D eigenvalue weighted by atomic mass is 9.90. The van der Waals surface area contributed by atoms with Gasteiger partial charge in [0, 0.05) is 0 Å². The van der Waals surface area contributed by atoms with E-state index in [-0.39, 0.29) is 5.60 Å². The van der Waals surface area contributed by atoms with Crippen LogP contribution in [0, 0.1) is 0 Å². The zero-order chi connectivity index (χ0) is 13.1. The van der Waals surface area contributed by atoms with Gasteiger partial charge in [0.15, 0.2) is 0 Å². The highest BCUT2D eigenvalue weighted by atomic mass is 16.6. The molecule has 2 aliphatic rings. The molecule has 3 nitrogen and oxygen atoms in total. The lowest BCUT2D eigenvalue weighted by Gasteiger charge is -2.44. The maximum atomic E-state index is 6.41. The molecule has 1 saturated heterocycles. The van der Waals surface area contributed by atoms with Crippen LogP contribution in [0.25, 0.3) is 0 Å². The minimum absolute atomic E-state index is 0.214. The third kappa shape index (κ3) is 2.63. The number of ether oxygens (including phenoxy) is 3. The molecule has 0 unspecified atom stereocenters. The molecule has 1 heterocycles. The lowest BCUT2D eigenvalue weighted by Crippen LogP contribution is -2.51. The molecule has 1 saturated carbocycles. The summed E-state index contributed by atoms with van der Waals surface area (Å²) in [6.45, 7) is 1.35. The van der Waals surface area contributed by atoms with E-state index in [1.54, 1.807) is 7.11 Å². The van der Waals surface area contributed by atoms with Gasteiger partial charge >= 0.3 is 0 Å². The number of hydrogen-bond donors (Lipinski definition) is 0. The molecular weight excluding hydrogens is 240 g/mol. The van der Waals surface area contributed by atoms with E-state index in [1.807, 2.05) is 12.1 Å². The maximum Gasteiger partial charge on any atom is 0.140 e. The highest BCUT2D eigenvalue weighted by molar-refractivity contribution is 5.32. The van der Waals surface area contributed by atoms with Gasteiger partial charge in [-0.25, -0.2) is 0 Å². The number of hydrogen-bond acceptors (Lipinski definition) is 3. The van der Waals surface area contributed by atoms with Crippen LogP contribution < -0.4 is 4.74 Å². The summed E-state index contributed by atoms with van der Waals surface area (Å²) in [7, 11) is 1.69. The van der Waals surface area contributed by atoms with Crippen molar-refractivity contribution in [3.63, 3.8) is 0 Å². The molecule has 0 N–H and O–H groups in total. The van der Waals surface area contributed by atoms with E-state index in [0.717, 1.165) is 5.75 Å². The second-order valence-corrected chi connectivity index (χ2v) is 5.59. The van der Waals surface area contributed by atoms with Crippen molar-refractivity contribution in [1.29, 1.82) is 0 Å². The van der Waals surface area contributed by atoms with E-state index in [0.29, 0.717) is 19.3 Å². The highest BCUT2D eigenvalue weighted by Crippen LogP contribution is 2.38. The Morgan fingerprint density at radius 2 is 1.74 bits per heavy atom. The first-order chi connectivity index (χ1) is 9.32. The Labute approximate surface area is 114 Å². The van der Waals surface area contributed by atoms with Gasteiger partial charge in [0.2, 0.25) is 0 Å². The summed E-state index contributed by atoms with van der Waals surface area (Å²) in [5.74, 6) is 0.886. The first-order valence-electron chi connectivity index (χ1n) is 7.22. The van der Waals surface area contributed by atoms with Crippen molar-refractivity contribution in [3.05, 3.63) is 29.8 Å². The van der Waals surface area contributed by atoms with Gasteiger partial charge in [-0.05, 0) is 30.5 Å². The van der Waals surface area contributed by atoms with Gasteiger partial charge in [-0.15, -0.1) is 0 Å². The molecule has 3 rings (SSSR count). The Bertz CT molecular complexity index is 403. The van der Waals surface area contributed by atoms with Crippen molar-refractivity contribution in [1.82, 2.24) is 0 Å². The topological polar surface area (TPSA) is 27.7 Å². The Hall–Kier alpha value is -1.06. The van der Waals surface area contributed by atoms with Crippen LogP contribution >= 0.6 is 0 Å². The summed E-state index contributed by atoms with van der Waals surface area (Å²) in [6, 6.07) is 8.20. The molecule has 0 bridgehead atoms. The van der Waals surface area contributed by atoms with Gasteiger partial charge in [-0.3, -0.25) is 0 Å². The first-order valence-corrected chi connectivity index (χ1v) is 7.22. The van der Waals surface area contributed by atoms with Gasteiger partial charge < -0.3 is 14.2 Å². The van der Waals surface area contributed by atoms with Gasteiger partial charge in [-0.2, -0.15) is 0 Å². The predicted molar refractivity (Wildman–Crippen MR) is 73.4 cm³/mol. The van der Waals surface area contributed by atoms with E-state index in [4.69, 9.17) is 14.2 Å². The fraction of sp³-hybridized carbons (Fsp3) is 0.625. The number of rotatable bonds is 4. The Kier molecular flexibility index (Phi) is 3.76. The van der Waals surface area contributed by atoms with Crippen molar-refractivity contribution < 1.29 is 14.2 Å². The molecular formula is C16H22O3. The van der Waals surface area contributed by atoms with Gasteiger partial charge in [0.1, 0.15) is 11.4 Å². The molecule has 0 aromatic heterocycles. The van der Waals surface area contributed by atoms with Crippen molar-refractivity contribution in [2.75, 3.05) is 20.3 Å². The minimum atomic E-state index is -0.214. The quantitative estimate of drug-likeness (QED) is 0.833. The smallest absolute Gasteiger partial charge is 0.140 e.